The first-order valence-corrected chi connectivity index (χ1v) is 5.44. The van der Waals surface area contributed by atoms with Crippen molar-refractivity contribution in [1.82, 2.24) is 5.32 Å². The third-order valence-electron chi connectivity index (χ3n) is 2.29. The zero-order valence-electron chi connectivity index (χ0n) is 8.68. The Hall–Kier alpha value is -0.570. The maximum atomic E-state index is 11.6. The van der Waals surface area contributed by atoms with E-state index in [1.54, 1.807) is 25.2 Å². The number of rotatable bonds is 4. The molecule has 82 valence electrons. The lowest BCUT2D eigenvalue weighted by Crippen LogP contribution is -2.31. The van der Waals surface area contributed by atoms with E-state index < -0.39 is 0 Å². The Balaban J connectivity index is 2.80. The standard InChI is InChI=1S/C11H13Cl2NO/c1-7(14-2)11(15)6-8-5-9(12)3-4-10(8)13/h3-5,7,14H,6H2,1-2H3. The van der Waals surface area contributed by atoms with Gasteiger partial charge in [-0.05, 0) is 37.7 Å². The second-order valence-electron chi connectivity index (χ2n) is 3.39. The highest BCUT2D eigenvalue weighted by molar-refractivity contribution is 6.33. The van der Waals surface area contributed by atoms with Crippen LogP contribution in [0.4, 0.5) is 0 Å². The average molecular weight is 246 g/mol. The van der Waals surface area contributed by atoms with E-state index in [1.165, 1.54) is 0 Å². The normalized spacial score (nSPS) is 12.5. The summed E-state index contributed by atoms with van der Waals surface area (Å²) in [5, 5.41) is 4.07. The number of ketones is 1. The van der Waals surface area contributed by atoms with E-state index in [0.717, 1.165) is 5.56 Å². The van der Waals surface area contributed by atoms with Crippen molar-refractivity contribution in [1.29, 1.82) is 0 Å². The second-order valence-corrected chi connectivity index (χ2v) is 4.23. The summed E-state index contributed by atoms with van der Waals surface area (Å²) in [6.45, 7) is 1.82. The lowest BCUT2D eigenvalue weighted by Gasteiger charge is -2.09. The van der Waals surface area contributed by atoms with Gasteiger partial charge in [0.15, 0.2) is 5.78 Å². The second kappa shape index (κ2) is 5.50. The van der Waals surface area contributed by atoms with Gasteiger partial charge < -0.3 is 5.32 Å². The molecule has 0 radical (unpaired) electrons. The van der Waals surface area contributed by atoms with E-state index in [2.05, 4.69) is 5.32 Å². The summed E-state index contributed by atoms with van der Waals surface area (Å²) in [5.41, 5.74) is 0.774. The van der Waals surface area contributed by atoms with Crippen molar-refractivity contribution in [3.05, 3.63) is 33.8 Å². The maximum Gasteiger partial charge on any atom is 0.153 e. The van der Waals surface area contributed by atoms with Crippen LogP contribution < -0.4 is 5.32 Å². The quantitative estimate of drug-likeness (QED) is 0.884. The highest BCUT2D eigenvalue weighted by atomic mass is 35.5. The molecule has 1 N–H and O–H groups in total. The SMILES string of the molecule is CNC(C)C(=O)Cc1cc(Cl)ccc1Cl. The van der Waals surface area contributed by atoms with Gasteiger partial charge in [-0.25, -0.2) is 0 Å². The number of likely N-dealkylation sites (N-methyl/N-ethyl adjacent to an activating group) is 1. The summed E-state index contributed by atoms with van der Waals surface area (Å²) in [7, 11) is 1.75. The largest absolute Gasteiger partial charge is 0.311 e. The molecule has 1 aromatic rings. The summed E-state index contributed by atoms with van der Waals surface area (Å²) < 4.78 is 0. The highest BCUT2D eigenvalue weighted by Gasteiger charge is 2.13. The van der Waals surface area contributed by atoms with Gasteiger partial charge in [0.1, 0.15) is 0 Å². The fraction of sp³-hybridized carbons (Fsp3) is 0.364. The minimum atomic E-state index is -0.167. The summed E-state index contributed by atoms with van der Waals surface area (Å²) in [6, 6.07) is 4.97. The van der Waals surface area contributed by atoms with Gasteiger partial charge in [-0.15, -0.1) is 0 Å². The predicted octanol–water partition coefficient (Wildman–Crippen LogP) is 2.71. The number of carbonyl (C=O) groups is 1. The van der Waals surface area contributed by atoms with E-state index in [4.69, 9.17) is 23.2 Å². The molecular weight excluding hydrogens is 233 g/mol. The molecule has 1 rings (SSSR count). The van der Waals surface area contributed by atoms with Crippen molar-refractivity contribution in [2.75, 3.05) is 7.05 Å². The third-order valence-corrected chi connectivity index (χ3v) is 2.89. The molecule has 0 aromatic heterocycles. The van der Waals surface area contributed by atoms with Gasteiger partial charge in [0.25, 0.3) is 0 Å². The first-order chi connectivity index (χ1) is 7.04. The zero-order valence-corrected chi connectivity index (χ0v) is 10.2. The van der Waals surface area contributed by atoms with Crippen LogP contribution in [0.15, 0.2) is 18.2 Å². The molecule has 4 heteroatoms. The van der Waals surface area contributed by atoms with Crippen molar-refractivity contribution in [2.24, 2.45) is 0 Å². The van der Waals surface area contributed by atoms with Gasteiger partial charge in [-0.2, -0.15) is 0 Å². The van der Waals surface area contributed by atoms with E-state index in [-0.39, 0.29) is 11.8 Å². The van der Waals surface area contributed by atoms with E-state index >= 15 is 0 Å². The van der Waals surface area contributed by atoms with Gasteiger partial charge in [0.2, 0.25) is 0 Å². The number of hydrogen-bond acceptors (Lipinski definition) is 2. The molecule has 0 aliphatic carbocycles. The predicted molar refractivity (Wildman–Crippen MR) is 63.7 cm³/mol. The Kier molecular flexibility index (Phi) is 4.58. The lowest BCUT2D eigenvalue weighted by atomic mass is 10.0. The molecule has 1 atom stereocenters. The van der Waals surface area contributed by atoms with Gasteiger partial charge in [0.05, 0.1) is 6.04 Å². The Labute approximate surface area is 99.6 Å². The van der Waals surface area contributed by atoms with Crippen LogP contribution in [0.1, 0.15) is 12.5 Å². The summed E-state index contributed by atoms with van der Waals surface area (Å²) in [6.07, 6.45) is 0.307. The molecule has 1 aromatic carbocycles. The van der Waals surface area contributed by atoms with Crippen molar-refractivity contribution in [3.63, 3.8) is 0 Å². The van der Waals surface area contributed by atoms with Crippen molar-refractivity contribution in [3.8, 4) is 0 Å². The molecule has 2 nitrogen and oxygen atoms in total. The number of nitrogens with one attached hydrogen (secondary N) is 1. The van der Waals surface area contributed by atoms with Crippen LogP contribution in [0, 0.1) is 0 Å². The topological polar surface area (TPSA) is 29.1 Å². The minimum absolute atomic E-state index is 0.0988. The summed E-state index contributed by atoms with van der Waals surface area (Å²) >= 11 is 11.8. The smallest absolute Gasteiger partial charge is 0.153 e. The van der Waals surface area contributed by atoms with Crippen LogP contribution >= 0.6 is 23.2 Å². The van der Waals surface area contributed by atoms with E-state index in [9.17, 15) is 4.79 Å². The molecule has 15 heavy (non-hydrogen) atoms. The maximum absolute atomic E-state index is 11.6. The van der Waals surface area contributed by atoms with E-state index in [1.807, 2.05) is 6.92 Å². The molecule has 0 aliphatic heterocycles. The Bertz CT molecular complexity index is 366. The number of carbonyl (C=O) groups excluding carboxylic acids is 1. The van der Waals surface area contributed by atoms with Crippen molar-refractivity contribution >= 4 is 29.0 Å². The molecule has 0 spiro atoms. The Morgan fingerprint density at radius 3 is 2.73 bits per heavy atom. The van der Waals surface area contributed by atoms with Crippen LogP contribution in [0.25, 0.3) is 0 Å². The van der Waals surface area contributed by atoms with Crippen LogP contribution in [0.3, 0.4) is 0 Å². The summed E-state index contributed by atoms with van der Waals surface area (Å²) in [5.74, 6) is 0.0988. The van der Waals surface area contributed by atoms with Gasteiger partial charge in [-0.1, -0.05) is 23.2 Å². The van der Waals surface area contributed by atoms with Gasteiger partial charge in [0, 0.05) is 16.5 Å². The monoisotopic (exact) mass is 245 g/mol. The molecule has 0 aliphatic rings. The zero-order chi connectivity index (χ0) is 11.4. The fourth-order valence-electron chi connectivity index (χ4n) is 1.18. The van der Waals surface area contributed by atoms with Crippen LogP contribution in [0.2, 0.25) is 10.0 Å². The van der Waals surface area contributed by atoms with Crippen LogP contribution in [0.5, 0.6) is 0 Å². The molecule has 0 amide bonds. The average Bonchev–Trinajstić information content (AvgIpc) is 2.22. The van der Waals surface area contributed by atoms with Gasteiger partial charge >= 0.3 is 0 Å². The number of benzene rings is 1. The lowest BCUT2D eigenvalue weighted by molar-refractivity contribution is -0.119. The van der Waals surface area contributed by atoms with Crippen molar-refractivity contribution < 1.29 is 4.79 Å². The summed E-state index contributed by atoms with van der Waals surface area (Å²) in [4.78, 5) is 11.6. The molecule has 0 saturated heterocycles. The highest BCUT2D eigenvalue weighted by Crippen LogP contribution is 2.21. The first-order valence-electron chi connectivity index (χ1n) is 4.68. The Morgan fingerprint density at radius 1 is 1.47 bits per heavy atom. The minimum Gasteiger partial charge on any atom is -0.311 e. The molecule has 0 saturated carbocycles. The molecule has 0 bridgehead atoms. The molecule has 0 heterocycles. The fourth-order valence-corrected chi connectivity index (χ4v) is 1.56. The number of Topliss-reactive ketones (excluding diaryl/α,β-unsaturated/α-hetero) is 1. The third kappa shape index (κ3) is 3.49. The molecule has 1 unspecified atom stereocenters. The van der Waals surface area contributed by atoms with Crippen LogP contribution in [-0.4, -0.2) is 18.9 Å². The number of halogens is 2. The molecular formula is C11H13Cl2NO. The Morgan fingerprint density at radius 2 is 2.13 bits per heavy atom. The molecule has 0 fully saturated rings. The van der Waals surface area contributed by atoms with E-state index in [0.29, 0.717) is 16.5 Å². The first kappa shape index (κ1) is 12.5. The van der Waals surface area contributed by atoms with Crippen LogP contribution in [-0.2, 0) is 11.2 Å². The van der Waals surface area contributed by atoms with Crippen molar-refractivity contribution in [2.45, 2.75) is 19.4 Å². The number of hydrogen-bond donors (Lipinski definition) is 1. The van der Waals surface area contributed by atoms with Gasteiger partial charge in [-0.3, -0.25) is 4.79 Å².